The smallest absolute Gasteiger partial charge is 0.180 e. The van der Waals surface area contributed by atoms with E-state index in [2.05, 4.69) is 6.58 Å². The molecule has 0 aromatic carbocycles. The second-order valence-electron chi connectivity index (χ2n) is 5.76. The molecule has 2 aliphatic carbocycles. The summed E-state index contributed by atoms with van der Waals surface area (Å²) in [6, 6.07) is 0. The second-order valence-corrected chi connectivity index (χ2v) is 5.76. The average molecular weight is 250 g/mol. The van der Waals surface area contributed by atoms with Gasteiger partial charge in [-0.1, -0.05) is 19.9 Å². The first kappa shape index (κ1) is 13.2. The van der Waals surface area contributed by atoms with Crippen LogP contribution in [0.15, 0.2) is 24.3 Å². The van der Waals surface area contributed by atoms with Crippen LogP contribution in [0.25, 0.3) is 0 Å². The third kappa shape index (κ3) is 1.52. The summed E-state index contributed by atoms with van der Waals surface area (Å²) in [5.41, 5.74) is -2.20. The molecule has 3 atom stereocenters. The van der Waals surface area contributed by atoms with Crippen molar-refractivity contribution in [2.75, 3.05) is 0 Å². The number of aliphatic hydroxyl groups is 2. The van der Waals surface area contributed by atoms with Gasteiger partial charge in [0.25, 0.3) is 0 Å². The molecule has 0 aromatic rings. The van der Waals surface area contributed by atoms with E-state index < -0.39 is 28.8 Å². The predicted molar refractivity (Wildman–Crippen MR) is 65.8 cm³/mol. The van der Waals surface area contributed by atoms with Crippen LogP contribution in [-0.4, -0.2) is 33.5 Å². The number of carbonyl (C=O) groups is 2. The molecule has 0 saturated heterocycles. The van der Waals surface area contributed by atoms with E-state index in [9.17, 15) is 19.8 Å². The van der Waals surface area contributed by atoms with Gasteiger partial charge in [0, 0.05) is 11.8 Å². The van der Waals surface area contributed by atoms with E-state index in [0.29, 0.717) is 5.57 Å². The highest BCUT2D eigenvalue weighted by atomic mass is 16.3. The van der Waals surface area contributed by atoms with Gasteiger partial charge in [0.2, 0.25) is 0 Å². The van der Waals surface area contributed by atoms with Crippen LogP contribution in [0.2, 0.25) is 0 Å². The molecular weight excluding hydrogens is 232 g/mol. The first-order valence-electron chi connectivity index (χ1n) is 6.05. The average Bonchev–Trinajstić information content (AvgIpc) is 2.24. The quantitative estimate of drug-likeness (QED) is 0.561. The minimum absolute atomic E-state index is 0.0533. The monoisotopic (exact) mass is 250 g/mol. The van der Waals surface area contributed by atoms with E-state index in [-0.39, 0.29) is 18.6 Å². The van der Waals surface area contributed by atoms with Gasteiger partial charge in [-0.3, -0.25) is 9.59 Å². The van der Waals surface area contributed by atoms with Gasteiger partial charge in [0.05, 0.1) is 12.0 Å². The molecule has 4 heteroatoms. The Morgan fingerprint density at radius 3 is 2.67 bits per heavy atom. The maximum Gasteiger partial charge on any atom is 0.180 e. The summed E-state index contributed by atoms with van der Waals surface area (Å²) in [5, 5.41) is 20.6. The fourth-order valence-electron chi connectivity index (χ4n) is 2.96. The Morgan fingerprint density at radius 2 is 2.11 bits per heavy atom. The van der Waals surface area contributed by atoms with Crippen molar-refractivity contribution in [1.29, 1.82) is 0 Å². The van der Waals surface area contributed by atoms with Crippen LogP contribution < -0.4 is 0 Å². The second kappa shape index (κ2) is 3.87. The number of hydrogen-bond donors (Lipinski definition) is 2. The minimum Gasteiger partial charge on any atom is -0.392 e. The van der Waals surface area contributed by atoms with Gasteiger partial charge in [0.15, 0.2) is 11.6 Å². The number of aliphatic hydroxyl groups excluding tert-OH is 1. The molecule has 0 aliphatic heterocycles. The maximum atomic E-state index is 12.3. The van der Waals surface area contributed by atoms with E-state index in [1.807, 2.05) is 0 Å². The van der Waals surface area contributed by atoms with Crippen molar-refractivity contribution in [2.24, 2.45) is 11.3 Å². The van der Waals surface area contributed by atoms with Crippen molar-refractivity contribution >= 4 is 11.6 Å². The van der Waals surface area contributed by atoms with Crippen LogP contribution >= 0.6 is 0 Å². The first-order valence-corrected chi connectivity index (χ1v) is 6.05. The Balaban J connectivity index is 2.58. The zero-order chi connectivity index (χ0) is 13.7. The molecular formula is C14H18O4. The summed E-state index contributed by atoms with van der Waals surface area (Å²) in [5.74, 6) is -1.77. The Bertz CT molecular complexity index is 460. The molecule has 18 heavy (non-hydrogen) atoms. The van der Waals surface area contributed by atoms with Gasteiger partial charge in [-0.05, 0) is 18.1 Å². The summed E-state index contributed by atoms with van der Waals surface area (Å²) in [4.78, 5) is 24.4. The van der Waals surface area contributed by atoms with Crippen molar-refractivity contribution in [3.8, 4) is 0 Å². The SMILES string of the molecule is C=CCC1=CC(=O)C2C(=O)C1(O)CC(O)C2(C)C. The van der Waals surface area contributed by atoms with Gasteiger partial charge in [0.1, 0.15) is 5.60 Å². The molecule has 0 aromatic heterocycles. The van der Waals surface area contributed by atoms with E-state index in [1.54, 1.807) is 13.8 Å². The molecule has 2 N–H and O–H groups in total. The Morgan fingerprint density at radius 1 is 1.50 bits per heavy atom. The van der Waals surface area contributed by atoms with Gasteiger partial charge >= 0.3 is 0 Å². The van der Waals surface area contributed by atoms with E-state index >= 15 is 0 Å². The molecule has 1 saturated carbocycles. The zero-order valence-electron chi connectivity index (χ0n) is 10.6. The van der Waals surface area contributed by atoms with Crippen molar-refractivity contribution in [1.82, 2.24) is 0 Å². The van der Waals surface area contributed by atoms with Crippen LogP contribution in [-0.2, 0) is 9.59 Å². The lowest BCUT2D eigenvalue weighted by Crippen LogP contribution is -2.63. The van der Waals surface area contributed by atoms with Crippen LogP contribution in [0.1, 0.15) is 26.7 Å². The van der Waals surface area contributed by atoms with Crippen LogP contribution in [0, 0.1) is 11.3 Å². The van der Waals surface area contributed by atoms with Crippen molar-refractivity contribution in [3.63, 3.8) is 0 Å². The van der Waals surface area contributed by atoms with Crippen LogP contribution in [0.3, 0.4) is 0 Å². The highest BCUT2D eigenvalue weighted by Gasteiger charge is 2.61. The molecule has 4 nitrogen and oxygen atoms in total. The molecule has 0 amide bonds. The number of hydrogen-bond acceptors (Lipinski definition) is 4. The zero-order valence-corrected chi connectivity index (χ0v) is 10.6. The molecule has 3 unspecified atom stereocenters. The fraction of sp³-hybridized carbons (Fsp3) is 0.571. The topological polar surface area (TPSA) is 74.6 Å². The third-order valence-electron chi connectivity index (χ3n) is 4.26. The summed E-state index contributed by atoms with van der Waals surface area (Å²) >= 11 is 0. The third-order valence-corrected chi connectivity index (χ3v) is 4.26. The first-order chi connectivity index (χ1) is 8.25. The fourth-order valence-corrected chi connectivity index (χ4v) is 2.96. The number of allylic oxidation sites excluding steroid dienone is 2. The van der Waals surface area contributed by atoms with Gasteiger partial charge in [-0.25, -0.2) is 0 Å². The molecule has 2 rings (SSSR count). The molecule has 2 bridgehead atoms. The maximum absolute atomic E-state index is 12.3. The van der Waals surface area contributed by atoms with Crippen molar-refractivity contribution < 1.29 is 19.8 Å². The van der Waals surface area contributed by atoms with Gasteiger partial charge < -0.3 is 10.2 Å². The Labute approximate surface area is 106 Å². The predicted octanol–water partition coefficient (Wildman–Crippen LogP) is 0.779. The lowest BCUT2D eigenvalue weighted by molar-refractivity contribution is -0.168. The number of ketones is 2. The summed E-state index contributed by atoms with van der Waals surface area (Å²) in [7, 11) is 0. The highest BCUT2D eigenvalue weighted by molar-refractivity contribution is 6.16. The molecule has 2 aliphatic rings. The summed E-state index contributed by atoms with van der Waals surface area (Å²) < 4.78 is 0. The Hall–Kier alpha value is -1.26. The molecule has 0 heterocycles. The summed E-state index contributed by atoms with van der Waals surface area (Å²) in [6.45, 7) is 6.92. The van der Waals surface area contributed by atoms with E-state index in [1.165, 1.54) is 12.2 Å². The van der Waals surface area contributed by atoms with Crippen molar-refractivity contribution in [3.05, 3.63) is 24.3 Å². The molecule has 0 spiro atoms. The minimum atomic E-state index is -1.71. The number of fused-ring (bicyclic) bond motifs is 2. The Kier molecular flexibility index (Phi) is 2.83. The lowest BCUT2D eigenvalue weighted by atomic mass is 9.55. The lowest BCUT2D eigenvalue weighted by Gasteiger charge is -2.50. The largest absolute Gasteiger partial charge is 0.392 e. The van der Waals surface area contributed by atoms with Crippen LogP contribution in [0.4, 0.5) is 0 Å². The van der Waals surface area contributed by atoms with E-state index in [4.69, 9.17) is 0 Å². The number of Topliss-reactive ketones (excluding diaryl/α,β-unsaturated/α-hetero) is 1. The van der Waals surface area contributed by atoms with E-state index in [0.717, 1.165) is 0 Å². The molecule has 98 valence electrons. The van der Waals surface area contributed by atoms with Gasteiger partial charge in [-0.15, -0.1) is 6.58 Å². The molecule has 1 fully saturated rings. The van der Waals surface area contributed by atoms with Crippen molar-refractivity contribution in [2.45, 2.75) is 38.4 Å². The molecule has 0 radical (unpaired) electrons. The highest BCUT2D eigenvalue weighted by Crippen LogP contribution is 2.49. The number of rotatable bonds is 2. The standard InChI is InChI=1S/C14H18O4/c1-4-5-8-6-9(15)11-12(17)14(8,18)7-10(16)13(11,2)3/h4,6,10-11,16,18H,1,5,7H2,2-3H3. The van der Waals surface area contributed by atoms with Crippen LogP contribution in [0.5, 0.6) is 0 Å². The normalized spacial score (nSPS) is 38.3. The number of carbonyl (C=O) groups excluding carboxylic acids is 2. The summed E-state index contributed by atoms with van der Waals surface area (Å²) in [6.07, 6.45) is 2.22. The van der Waals surface area contributed by atoms with Gasteiger partial charge in [-0.2, -0.15) is 0 Å².